The molecule has 1 aliphatic rings. The second-order valence-electron chi connectivity index (χ2n) is 5.48. The molecule has 0 saturated heterocycles. The van der Waals surface area contributed by atoms with E-state index in [-0.39, 0.29) is 13.3 Å². The number of terminal acetylenes is 1. The lowest BCUT2D eigenvalue weighted by Gasteiger charge is -2.29. The summed E-state index contributed by atoms with van der Waals surface area (Å²) in [6.45, 7) is 12.7. The van der Waals surface area contributed by atoms with Crippen LogP contribution in [0.5, 0.6) is 0 Å². The van der Waals surface area contributed by atoms with Crippen LogP contribution in [0.15, 0.2) is 12.7 Å². The van der Waals surface area contributed by atoms with Crippen LogP contribution in [-0.4, -0.2) is 30.2 Å². The Hall–Kier alpha value is -1.56. The predicted octanol–water partition coefficient (Wildman–Crippen LogP) is 4.72. The van der Waals surface area contributed by atoms with E-state index >= 15 is 0 Å². The summed E-state index contributed by atoms with van der Waals surface area (Å²) in [4.78, 5) is 24.8. The molecule has 1 saturated carbocycles. The molecular weight excluding hydrogens is 286 g/mol. The summed E-state index contributed by atoms with van der Waals surface area (Å²) in [5.41, 5.74) is 0. The molecule has 1 fully saturated rings. The maximum atomic E-state index is 12.3. The maximum Gasteiger partial charge on any atom is 0.226 e. The first-order valence-corrected chi connectivity index (χ1v) is 8.95. The van der Waals surface area contributed by atoms with E-state index in [9.17, 15) is 9.59 Å². The van der Waals surface area contributed by atoms with Crippen LogP contribution < -0.4 is 0 Å². The van der Waals surface area contributed by atoms with Gasteiger partial charge in [0.25, 0.3) is 0 Å². The molecule has 0 aliphatic heterocycles. The molecule has 0 bridgehead atoms. The monoisotopic (exact) mass is 323 g/mol. The van der Waals surface area contributed by atoms with E-state index in [1.54, 1.807) is 11.0 Å². The van der Waals surface area contributed by atoms with E-state index in [0.717, 1.165) is 32.0 Å². The maximum absolute atomic E-state index is 12.3. The zero-order valence-electron chi connectivity index (χ0n) is 15.5. The molecule has 23 heavy (non-hydrogen) atoms. The van der Waals surface area contributed by atoms with Crippen LogP contribution in [0.2, 0.25) is 0 Å². The molecule has 0 aromatic rings. The van der Waals surface area contributed by atoms with Gasteiger partial charge in [0, 0.05) is 20.4 Å². The van der Waals surface area contributed by atoms with Crippen molar-refractivity contribution >= 4 is 12.2 Å². The van der Waals surface area contributed by atoms with Crippen molar-refractivity contribution in [3.63, 3.8) is 0 Å². The molecule has 0 heterocycles. The number of rotatable bonds is 6. The lowest BCUT2D eigenvalue weighted by Crippen LogP contribution is -2.40. The van der Waals surface area contributed by atoms with Gasteiger partial charge in [0.1, 0.15) is 6.29 Å². The van der Waals surface area contributed by atoms with Gasteiger partial charge in [-0.1, -0.05) is 65.4 Å². The zero-order valence-corrected chi connectivity index (χ0v) is 15.5. The van der Waals surface area contributed by atoms with Gasteiger partial charge in [0.15, 0.2) is 0 Å². The molecule has 0 unspecified atom stereocenters. The third kappa shape index (κ3) is 10.7. The summed E-state index contributed by atoms with van der Waals surface area (Å²) in [6.07, 6.45) is 14.3. The van der Waals surface area contributed by atoms with Crippen molar-refractivity contribution in [3.8, 4) is 12.3 Å². The molecular formula is C20H37NO2. The lowest BCUT2D eigenvalue weighted by atomic mass is 9.88. The van der Waals surface area contributed by atoms with Crippen molar-refractivity contribution < 1.29 is 11.0 Å². The number of amides is 1. The molecule has 0 aromatic carbocycles. The van der Waals surface area contributed by atoms with Crippen molar-refractivity contribution in [2.24, 2.45) is 11.8 Å². The fourth-order valence-corrected chi connectivity index (χ4v) is 2.39. The molecule has 134 valence electrons. The van der Waals surface area contributed by atoms with Crippen molar-refractivity contribution in [1.29, 1.82) is 0 Å². The standard InChI is InChI=1S/C15H21NO2.C3H8.C2H6.H2/c1-3-10-16(11-13(4-2)12-17)15(18)14-8-6-5-7-9-14;1-3-2;1-2;/h2-3,12-14H,1,5-11H2;3H2,1-2H3;1-2H3;1H/t13-;;;/m0.../s1. The molecule has 0 aromatic heterocycles. The van der Waals surface area contributed by atoms with Gasteiger partial charge in [-0.25, -0.2) is 0 Å². The van der Waals surface area contributed by atoms with Gasteiger partial charge < -0.3 is 9.69 Å². The highest BCUT2D eigenvalue weighted by Crippen LogP contribution is 2.25. The van der Waals surface area contributed by atoms with Gasteiger partial charge in [-0.2, -0.15) is 0 Å². The van der Waals surface area contributed by atoms with Crippen LogP contribution >= 0.6 is 0 Å². The van der Waals surface area contributed by atoms with Crippen LogP contribution in [0.25, 0.3) is 0 Å². The lowest BCUT2D eigenvalue weighted by molar-refractivity contribution is -0.136. The Bertz CT molecular complexity index is 357. The van der Waals surface area contributed by atoms with Crippen molar-refractivity contribution in [3.05, 3.63) is 12.7 Å². The highest BCUT2D eigenvalue weighted by Gasteiger charge is 2.26. The summed E-state index contributed by atoms with van der Waals surface area (Å²) in [7, 11) is 0. The van der Waals surface area contributed by atoms with Gasteiger partial charge in [-0.05, 0) is 12.8 Å². The van der Waals surface area contributed by atoms with Crippen LogP contribution in [0.3, 0.4) is 0 Å². The van der Waals surface area contributed by atoms with E-state index < -0.39 is 5.92 Å². The van der Waals surface area contributed by atoms with Gasteiger partial charge >= 0.3 is 0 Å². The van der Waals surface area contributed by atoms with E-state index in [2.05, 4.69) is 26.3 Å². The Morgan fingerprint density at radius 3 is 2.26 bits per heavy atom. The Morgan fingerprint density at radius 2 is 1.87 bits per heavy atom. The summed E-state index contributed by atoms with van der Waals surface area (Å²) in [5, 5.41) is 0. The largest absolute Gasteiger partial charge is 0.337 e. The van der Waals surface area contributed by atoms with E-state index in [1.807, 2.05) is 13.8 Å². The van der Waals surface area contributed by atoms with Crippen LogP contribution in [0, 0.1) is 24.2 Å². The molecule has 0 N–H and O–H groups in total. The number of carbonyl (C=O) groups is 2. The van der Waals surface area contributed by atoms with Gasteiger partial charge in [-0.3, -0.25) is 4.79 Å². The molecule has 3 heteroatoms. The second-order valence-corrected chi connectivity index (χ2v) is 5.48. The highest BCUT2D eigenvalue weighted by atomic mass is 16.2. The highest BCUT2D eigenvalue weighted by molar-refractivity contribution is 5.79. The third-order valence-corrected chi connectivity index (χ3v) is 3.41. The van der Waals surface area contributed by atoms with Gasteiger partial charge in [0.2, 0.25) is 5.91 Å². The first-order chi connectivity index (χ1) is 11.1. The number of nitrogens with zero attached hydrogens (tertiary/aromatic N) is 1. The SMILES string of the molecule is C#C[C@H](C=O)CN(CC=C)C(=O)C1CCCCC1.CC.CCC.[HH]. The minimum absolute atomic E-state index is 0. The summed E-state index contributed by atoms with van der Waals surface area (Å²) < 4.78 is 0. The van der Waals surface area contributed by atoms with E-state index in [4.69, 9.17) is 6.42 Å². The summed E-state index contributed by atoms with van der Waals surface area (Å²) in [6, 6.07) is 0. The van der Waals surface area contributed by atoms with Crippen molar-refractivity contribution in [2.75, 3.05) is 13.1 Å². The Kier molecular flexibility index (Phi) is 17.3. The molecule has 1 amide bonds. The van der Waals surface area contributed by atoms with Crippen molar-refractivity contribution in [1.82, 2.24) is 4.90 Å². The fourth-order valence-electron chi connectivity index (χ4n) is 2.39. The van der Waals surface area contributed by atoms with Gasteiger partial charge in [-0.15, -0.1) is 13.0 Å². The third-order valence-electron chi connectivity index (χ3n) is 3.41. The topological polar surface area (TPSA) is 37.4 Å². The van der Waals surface area contributed by atoms with Crippen LogP contribution in [0.1, 0.15) is 67.6 Å². The molecule has 0 radical (unpaired) electrons. The molecule has 1 atom stereocenters. The number of hydrogen-bond donors (Lipinski definition) is 0. The van der Waals surface area contributed by atoms with E-state index in [1.165, 1.54) is 12.8 Å². The normalized spacial score (nSPS) is 14.7. The van der Waals surface area contributed by atoms with Crippen LogP contribution in [0.4, 0.5) is 0 Å². The second kappa shape index (κ2) is 16.8. The minimum Gasteiger partial charge on any atom is -0.337 e. The Morgan fingerprint density at radius 1 is 1.35 bits per heavy atom. The molecule has 1 aliphatic carbocycles. The molecule has 1 rings (SSSR count). The fraction of sp³-hybridized carbons (Fsp3) is 0.700. The smallest absolute Gasteiger partial charge is 0.226 e. The van der Waals surface area contributed by atoms with Crippen molar-refractivity contribution in [2.45, 2.75) is 66.2 Å². The van der Waals surface area contributed by atoms with Crippen LogP contribution in [-0.2, 0) is 9.59 Å². The Labute approximate surface area is 145 Å². The number of carbonyl (C=O) groups excluding carboxylic acids is 2. The first-order valence-electron chi connectivity index (χ1n) is 8.95. The summed E-state index contributed by atoms with van der Waals surface area (Å²) in [5.74, 6) is 2.11. The zero-order chi connectivity index (χ0) is 18.1. The summed E-state index contributed by atoms with van der Waals surface area (Å²) >= 11 is 0. The van der Waals surface area contributed by atoms with E-state index in [0.29, 0.717) is 13.1 Å². The van der Waals surface area contributed by atoms with Gasteiger partial charge in [0.05, 0.1) is 5.92 Å². The number of hydrogen-bond acceptors (Lipinski definition) is 2. The molecule has 3 nitrogen and oxygen atoms in total. The Balaban J connectivity index is -0.000000660. The first kappa shape index (κ1) is 23.7. The minimum atomic E-state index is -0.516. The average molecular weight is 324 g/mol. The number of aldehydes is 1. The predicted molar refractivity (Wildman–Crippen MR) is 101 cm³/mol. The average Bonchev–Trinajstić information content (AvgIpc) is 2.61. The molecule has 0 spiro atoms. The quantitative estimate of drug-likeness (QED) is 0.403.